The molecule has 1 aliphatic heterocycles. The van der Waals surface area contributed by atoms with Crippen LogP contribution in [0, 0.1) is 17.8 Å². The lowest BCUT2D eigenvalue weighted by molar-refractivity contribution is -0.171. The average molecular weight is 378 g/mol. The maximum absolute atomic E-state index is 13.8. The van der Waals surface area contributed by atoms with Gasteiger partial charge in [-0.25, -0.2) is 8.78 Å². The lowest BCUT2D eigenvalue weighted by atomic mass is 9.67. The van der Waals surface area contributed by atoms with Crippen LogP contribution in [-0.4, -0.2) is 17.4 Å². The molecule has 1 aromatic rings. The monoisotopic (exact) mass is 378 g/mol. The molecule has 2 aliphatic rings. The third-order valence-corrected chi connectivity index (χ3v) is 6.06. The maximum Gasteiger partial charge on any atom is 0.309 e. The van der Waals surface area contributed by atoms with Gasteiger partial charge in [0.15, 0.2) is 0 Å². The first-order valence-corrected chi connectivity index (χ1v) is 9.78. The van der Waals surface area contributed by atoms with Gasteiger partial charge in [-0.05, 0) is 57.4 Å². The molecule has 0 N–H and O–H groups in total. The molecule has 3 atom stereocenters. The van der Waals surface area contributed by atoms with E-state index in [4.69, 9.17) is 4.74 Å². The summed E-state index contributed by atoms with van der Waals surface area (Å²) >= 11 is 0. The summed E-state index contributed by atoms with van der Waals surface area (Å²) in [6.45, 7) is 4.67. The predicted molar refractivity (Wildman–Crippen MR) is 98.4 cm³/mol. The molecule has 3 rings (SSSR count). The molecule has 148 valence electrons. The van der Waals surface area contributed by atoms with Gasteiger partial charge in [-0.3, -0.25) is 9.59 Å². The van der Waals surface area contributed by atoms with Gasteiger partial charge in [-0.2, -0.15) is 0 Å². The van der Waals surface area contributed by atoms with E-state index in [0.717, 1.165) is 26.2 Å². The number of halogens is 2. The molecule has 1 aliphatic carbocycles. The molecule has 0 bridgehead atoms. The first-order valence-electron chi connectivity index (χ1n) is 9.78. The SMILES string of the molecule is CC1(C)CCC(CC(=O)C2CCC2Cc2ccccc2C(C)(F)F)C(=O)O1. The molecule has 1 aromatic carbocycles. The van der Waals surface area contributed by atoms with Gasteiger partial charge in [0, 0.05) is 24.8 Å². The Morgan fingerprint density at radius 1 is 1.22 bits per heavy atom. The standard InChI is InChI=1S/C22H28F2O3/c1-21(2)11-10-16(20(26)27-21)13-19(25)17-9-8-14(17)12-15-6-4-5-7-18(15)22(3,23)24/h4-7,14,16-17H,8-13H2,1-3H3. The fourth-order valence-electron chi connectivity index (χ4n) is 4.27. The minimum absolute atomic E-state index is 0.0428. The van der Waals surface area contributed by atoms with E-state index in [2.05, 4.69) is 0 Å². The van der Waals surface area contributed by atoms with E-state index in [1.54, 1.807) is 18.2 Å². The van der Waals surface area contributed by atoms with Crippen LogP contribution in [0.15, 0.2) is 24.3 Å². The topological polar surface area (TPSA) is 43.4 Å². The molecular weight excluding hydrogens is 350 g/mol. The molecule has 3 unspecified atom stereocenters. The number of carbonyl (C=O) groups is 2. The van der Waals surface area contributed by atoms with Crippen LogP contribution in [0.4, 0.5) is 8.78 Å². The zero-order valence-corrected chi connectivity index (χ0v) is 16.3. The Bertz CT molecular complexity index is 721. The lowest BCUT2D eigenvalue weighted by Crippen LogP contribution is -2.41. The third kappa shape index (κ3) is 4.56. The number of hydrogen-bond donors (Lipinski definition) is 0. The van der Waals surface area contributed by atoms with Crippen LogP contribution in [0.25, 0.3) is 0 Å². The summed E-state index contributed by atoms with van der Waals surface area (Å²) in [5.41, 5.74) is 0.206. The number of alkyl halides is 2. The molecule has 3 nitrogen and oxygen atoms in total. The van der Waals surface area contributed by atoms with Crippen LogP contribution >= 0.6 is 0 Å². The van der Waals surface area contributed by atoms with Gasteiger partial charge >= 0.3 is 5.97 Å². The molecular formula is C22H28F2O3. The minimum atomic E-state index is -2.89. The van der Waals surface area contributed by atoms with Gasteiger partial charge in [0.25, 0.3) is 5.92 Å². The molecule has 1 saturated heterocycles. The predicted octanol–water partition coefficient (Wildman–Crippen LogP) is 5.06. The second-order valence-corrected chi connectivity index (χ2v) is 8.78. The first-order chi connectivity index (χ1) is 12.6. The van der Waals surface area contributed by atoms with Gasteiger partial charge in [-0.15, -0.1) is 0 Å². The van der Waals surface area contributed by atoms with Crippen molar-refractivity contribution in [2.75, 3.05) is 0 Å². The Labute approximate surface area is 159 Å². The number of carbonyl (C=O) groups excluding carboxylic acids is 2. The van der Waals surface area contributed by atoms with Crippen molar-refractivity contribution >= 4 is 11.8 Å². The normalized spacial score (nSPS) is 27.6. The van der Waals surface area contributed by atoms with E-state index in [1.807, 2.05) is 13.8 Å². The second kappa shape index (κ2) is 7.33. The van der Waals surface area contributed by atoms with Crippen molar-refractivity contribution in [1.82, 2.24) is 0 Å². The second-order valence-electron chi connectivity index (χ2n) is 8.78. The van der Waals surface area contributed by atoms with Crippen LogP contribution < -0.4 is 0 Å². The molecule has 1 heterocycles. The van der Waals surface area contributed by atoms with E-state index in [-0.39, 0.29) is 41.5 Å². The van der Waals surface area contributed by atoms with Gasteiger partial charge in [0.2, 0.25) is 0 Å². The Balaban J connectivity index is 1.62. The van der Waals surface area contributed by atoms with Crippen molar-refractivity contribution in [3.05, 3.63) is 35.4 Å². The molecule has 0 aromatic heterocycles. The highest BCUT2D eigenvalue weighted by atomic mass is 19.3. The molecule has 0 spiro atoms. The number of cyclic esters (lactones) is 1. The molecule has 2 fully saturated rings. The quantitative estimate of drug-likeness (QED) is 0.650. The number of hydrogen-bond acceptors (Lipinski definition) is 3. The Kier molecular flexibility index (Phi) is 5.42. The zero-order chi connectivity index (χ0) is 19.8. The van der Waals surface area contributed by atoms with Gasteiger partial charge in [-0.1, -0.05) is 24.3 Å². The summed E-state index contributed by atoms with van der Waals surface area (Å²) in [6.07, 6.45) is 3.76. The highest BCUT2D eigenvalue weighted by Crippen LogP contribution is 2.41. The van der Waals surface area contributed by atoms with Gasteiger partial charge in [0.05, 0.1) is 5.92 Å². The fraction of sp³-hybridized carbons (Fsp3) is 0.636. The van der Waals surface area contributed by atoms with Crippen LogP contribution in [0.2, 0.25) is 0 Å². The number of rotatable bonds is 6. The highest BCUT2D eigenvalue weighted by molar-refractivity contribution is 5.87. The zero-order valence-electron chi connectivity index (χ0n) is 16.3. The fourth-order valence-corrected chi connectivity index (χ4v) is 4.27. The molecule has 0 amide bonds. The van der Waals surface area contributed by atoms with Crippen molar-refractivity contribution in [2.45, 2.75) is 70.8 Å². The van der Waals surface area contributed by atoms with E-state index in [1.165, 1.54) is 6.07 Å². The number of Topliss-reactive ketones (excluding diaryl/α,β-unsaturated/α-hetero) is 1. The maximum atomic E-state index is 13.8. The molecule has 1 saturated carbocycles. The summed E-state index contributed by atoms with van der Waals surface area (Å²) in [5.74, 6) is -3.51. The van der Waals surface area contributed by atoms with Gasteiger partial charge < -0.3 is 4.74 Å². The highest BCUT2D eigenvalue weighted by Gasteiger charge is 2.41. The van der Waals surface area contributed by atoms with E-state index < -0.39 is 11.5 Å². The smallest absolute Gasteiger partial charge is 0.309 e. The number of benzene rings is 1. The summed E-state index contributed by atoms with van der Waals surface area (Å²) in [4.78, 5) is 24.9. The number of ketones is 1. The third-order valence-electron chi connectivity index (χ3n) is 6.06. The lowest BCUT2D eigenvalue weighted by Gasteiger charge is -2.38. The van der Waals surface area contributed by atoms with E-state index in [9.17, 15) is 18.4 Å². The van der Waals surface area contributed by atoms with Crippen LogP contribution in [0.5, 0.6) is 0 Å². The number of ether oxygens (including phenoxy) is 1. The Morgan fingerprint density at radius 3 is 2.52 bits per heavy atom. The first kappa shape index (κ1) is 20.0. The summed E-state index contributed by atoms with van der Waals surface area (Å²) in [5, 5.41) is 0. The van der Waals surface area contributed by atoms with Crippen LogP contribution in [0.1, 0.15) is 64.0 Å². The Hall–Kier alpha value is -1.78. The van der Waals surface area contributed by atoms with Crippen molar-refractivity contribution in [3.8, 4) is 0 Å². The van der Waals surface area contributed by atoms with Crippen molar-refractivity contribution in [1.29, 1.82) is 0 Å². The number of esters is 1. The van der Waals surface area contributed by atoms with E-state index in [0.29, 0.717) is 18.4 Å². The molecule has 27 heavy (non-hydrogen) atoms. The van der Waals surface area contributed by atoms with Crippen LogP contribution in [0.3, 0.4) is 0 Å². The summed E-state index contributed by atoms with van der Waals surface area (Å²) in [6, 6.07) is 6.58. The van der Waals surface area contributed by atoms with Crippen molar-refractivity contribution < 1.29 is 23.1 Å². The Morgan fingerprint density at radius 2 is 1.93 bits per heavy atom. The van der Waals surface area contributed by atoms with Crippen molar-refractivity contribution in [3.63, 3.8) is 0 Å². The average Bonchev–Trinajstić information content (AvgIpc) is 2.53. The summed E-state index contributed by atoms with van der Waals surface area (Å²) in [7, 11) is 0. The van der Waals surface area contributed by atoms with E-state index >= 15 is 0 Å². The van der Waals surface area contributed by atoms with Gasteiger partial charge in [0.1, 0.15) is 11.4 Å². The van der Waals surface area contributed by atoms with Crippen LogP contribution in [-0.2, 0) is 26.7 Å². The van der Waals surface area contributed by atoms with Crippen molar-refractivity contribution in [2.24, 2.45) is 17.8 Å². The largest absolute Gasteiger partial charge is 0.459 e. The summed E-state index contributed by atoms with van der Waals surface area (Å²) < 4.78 is 33.1. The minimum Gasteiger partial charge on any atom is -0.459 e. The molecule has 0 radical (unpaired) electrons. The molecule has 5 heteroatoms.